The Morgan fingerprint density at radius 2 is 1.73 bits per heavy atom. The molecule has 0 radical (unpaired) electrons. The van der Waals surface area contributed by atoms with E-state index in [1.165, 1.54) is 0 Å². The first-order valence-corrected chi connectivity index (χ1v) is 8.92. The van der Waals surface area contributed by atoms with E-state index in [0.29, 0.717) is 11.3 Å². The Morgan fingerprint density at radius 3 is 2.46 bits per heavy atom. The van der Waals surface area contributed by atoms with Gasteiger partial charge >= 0.3 is 6.03 Å². The van der Waals surface area contributed by atoms with Crippen LogP contribution in [0.5, 0.6) is 0 Å². The fraction of sp³-hybridized carbons (Fsp3) is 0.300. The summed E-state index contributed by atoms with van der Waals surface area (Å²) in [4.78, 5) is 24.3. The van der Waals surface area contributed by atoms with Crippen LogP contribution in [0.3, 0.4) is 0 Å². The normalized spacial score (nSPS) is 13.1. The van der Waals surface area contributed by atoms with Gasteiger partial charge in [0.15, 0.2) is 0 Å². The summed E-state index contributed by atoms with van der Waals surface area (Å²) in [6, 6.07) is 14.7. The summed E-state index contributed by atoms with van der Waals surface area (Å²) < 4.78 is 0. The van der Waals surface area contributed by atoms with E-state index >= 15 is 0 Å². The van der Waals surface area contributed by atoms with Crippen molar-refractivity contribution in [3.8, 4) is 0 Å². The van der Waals surface area contributed by atoms with Crippen LogP contribution in [0.15, 0.2) is 48.5 Å². The molecule has 0 saturated heterocycles. The number of carbonyl (C=O) groups excluding carboxylic acids is 2. The van der Waals surface area contributed by atoms with E-state index in [1.807, 2.05) is 24.3 Å². The Bertz CT molecular complexity index is 787. The summed E-state index contributed by atoms with van der Waals surface area (Å²) in [6.45, 7) is 3.71. The molecule has 6 heteroatoms. The molecule has 1 fully saturated rings. The lowest BCUT2D eigenvalue weighted by molar-refractivity contribution is 0.102. The minimum atomic E-state index is -0.235. The molecule has 0 spiro atoms. The van der Waals surface area contributed by atoms with Crippen molar-refractivity contribution in [1.82, 2.24) is 10.6 Å². The van der Waals surface area contributed by atoms with Gasteiger partial charge in [-0.1, -0.05) is 25.1 Å². The predicted octanol–water partition coefficient (Wildman–Crippen LogP) is 3.33. The second-order valence-electron chi connectivity index (χ2n) is 6.39. The Kier molecular flexibility index (Phi) is 5.86. The van der Waals surface area contributed by atoms with Crippen LogP contribution in [-0.2, 0) is 6.54 Å². The van der Waals surface area contributed by atoms with E-state index in [2.05, 4.69) is 28.2 Å². The first kappa shape index (κ1) is 17.9. The van der Waals surface area contributed by atoms with Crippen LogP contribution < -0.4 is 21.3 Å². The molecule has 2 aromatic rings. The summed E-state index contributed by atoms with van der Waals surface area (Å²) >= 11 is 0. The third kappa shape index (κ3) is 5.32. The van der Waals surface area contributed by atoms with Gasteiger partial charge in [-0.3, -0.25) is 4.79 Å². The number of benzene rings is 2. The number of nitrogens with one attached hydrogen (secondary N) is 4. The molecular formula is C20H24N4O2. The zero-order valence-corrected chi connectivity index (χ0v) is 14.8. The molecule has 4 N–H and O–H groups in total. The molecule has 136 valence electrons. The van der Waals surface area contributed by atoms with E-state index in [0.717, 1.165) is 37.2 Å². The summed E-state index contributed by atoms with van der Waals surface area (Å²) in [5.74, 6) is -0.211. The molecule has 1 aliphatic rings. The van der Waals surface area contributed by atoms with E-state index < -0.39 is 0 Å². The first-order chi connectivity index (χ1) is 12.6. The molecule has 0 aliphatic heterocycles. The van der Waals surface area contributed by atoms with Crippen LogP contribution in [0.4, 0.5) is 16.2 Å². The van der Waals surface area contributed by atoms with Crippen molar-refractivity contribution >= 4 is 23.3 Å². The van der Waals surface area contributed by atoms with Gasteiger partial charge in [-0.05, 0) is 55.3 Å². The predicted molar refractivity (Wildman–Crippen MR) is 103 cm³/mol. The average Bonchev–Trinajstić information content (AvgIpc) is 3.44. The SMILES string of the molecule is CCNCc1cccc(NC(=O)c2cccc(NC(=O)NC3CC3)c2)c1. The zero-order chi connectivity index (χ0) is 18.4. The molecule has 0 aromatic heterocycles. The molecule has 1 saturated carbocycles. The second-order valence-corrected chi connectivity index (χ2v) is 6.39. The van der Waals surface area contributed by atoms with Crippen LogP contribution in [0.2, 0.25) is 0 Å². The van der Waals surface area contributed by atoms with Crippen molar-refractivity contribution in [2.75, 3.05) is 17.2 Å². The van der Waals surface area contributed by atoms with Gasteiger partial charge in [0.05, 0.1) is 0 Å². The maximum Gasteiger partial charge on any atom is 0.319 e. The molecule has 1 aliphatic carbocycles. The van der Waals surface area contributed by atoms with Crippen LogP contribution in [0.25, 0.3) is 0 Å². The molecular weight excluding hydrogens is 328 g/mol. The highest BCUT2D eigenvalue weighted by atomic mass is 16.2. The fourth-order valence-electron chi connectivity index (χ4n) is 2.55. The molecule has 0 heterocycles. The molecule has 2 aromatic carbocycles. The fourth-order valence-corrected chi connectivity index (χ4v) is 2.55. The maximum atomic E-state index is 12.5. The highest BCUT2D eigenvalue weighted by molar-refractivity contribution is 6.05. The van der Waals surface area contributed by atoms with Gasteiger partial charge in [-0.15, -0.1) is 0 Å². The number of carbonyl (C=O) groups is 2. The van der Waals surface area contributed by atoms with E-state index in [4.69, 9.17) is 0 Å². The van der Waals surface area contributed by atoms with Gasteiger partial charge in [-0.25, -0.2) is 4.79 Å². The Balaban J connectivity index is 1.62. The van der Waals surface area contributed by atoms with Gasteiger partial charge in [0.2, 0.25) is 0 Å². The van der Waals surface area contributed by atoms with E-state index in [1.54, 1.807) is 24.3 Å². The summed E-state index contributed by atoms with van der Waals surface area (Å²) in [5.41, 5.74) is 2.94. The van der Waals surface area contributed by atoms with Gasteiger partial charge in [0.25, 0.3) is 5.91 Å². The average molecular weight is 352 g/mol. The molecule has 0 bridgehead atoms. The molecule has 0 atom stereocenters. The number of hydrogen-bond donors (Lipinski definition) is 4. The minimum Gasteiger partial charge on any atom is -0.335 e. The summed E-state index contributed by atoms with van der Waals surface area (Å²) in [5, 5.41) is 11.8. The van der Waals surface area contributed by atoms with Crippen LogP contribution >= 0.6 is 0 Å². The monoisotopic (exact) mass is 352 g/mol. The highest BCUT2D eigenvalue weighted by Gasteiger charge is 2.23. The summed E-state index contributed by atoms with van der Waals surface area (Å²) in [7, 11) is 0. The standard InChI is InChI=1S/C20H24N4O2/c1-2-21-13-14-5-3-7-17(11-14)22-19(25)15-6-4-8-18(12-15)24-20(26)23-16-9-10-16/h3-8,11-12,16,21H,2,9-10,13H2,1H3,(H,22,25)(H2,23,24,26). The van der Waals surface area contributed by atoms with E-state index in [9.17, 15) is 9.59 Å². The minimum absolute atomic E-state index is 0.211. The Morgan fingerprint density at radius 1 is 1.00 bits per heavy atom. The lowest BCUT2D eigenvalue weighted by Crippen LogP contribution is -2.30. The number of rotatable bonds is 7. The third-order valence-corrected chi connectivity index (χ3v) is 4.06. The topological polar surface area (TPSA) is 82.3 Å². The third-order valence-electron chi connectivity index (χ3n) is 4.06. The smallest absolute Gasteiger partial charge is 0.319 e. The van der Waals surface area contributed by atoms with Gasteiger partial charge in [0.1, 0.15) is 0 Å². The van der Waals surface area contributed by atoms with Crippen molar-refractivity contribution in [3.63, 3.8) is 0 Å². The maximum absolute atomic E-state index is 12.5. The van der Waals surface area contributed by atoms with Gasteiger partial charge in [-0.2, -0.15) is 0 Å². The number of urea groups is 1. The van der Waals surface area contributed by atoms with Crippen LogP contribution in [0.1, 0.15) is 35.7 Å². The Hall–Kier alpha value is -2.86. The largest absolute Gasteiger partial charge is 0.335 e. The van der Waals surface area contributed by atoms with Gasteiger partial charge < -0.3 is 21.3 Å². The molecule has 3 amide bonds. The molecule has 6 nitrogen and oxygen atoms in total. The van der Waals surface area contributed by atoms with E-state index in [-0.39, 0.29) is 18.0 Å². The van der Waals surface area contributed by atoms with Crippen molar-refractivity contribution in [3.05, 3.63) is 59.7 Å². The number of amides is 3. The lowest BCUT2D eigenvalue weighted by atomic mass is 10.1. The van der Waals surface area contributed by atoms with Crippen molar-refractivity contribution in [2.24, 2.45) is 0 Å². The molecule has 0 unspecified atom stereocenters. The first-order valence-electron chi connectivity index (χ1n) is 8.92. The van der Waals surface area contributed by atoms with Crippen LogP contribution in [-0.4, -0.2) is 24.5 Å². The quantitative estimate of drug-likeness (QED) is 0.617. The number of anilines is 2. The van der Waals surface area contributed by atoms with Gasteiger partial charge in [0, 0.05) is 29.5 Å². The lowest BCUT2D eigenvalue weighted by Gasteiger charge is -2.10. The molecule has 3 rings (SSSR count). The second kappa shape index (κ2) is 8.49. The zero-order valence-electron chi connectivity index (χ0n) is 14.8. The number of hydrogen-bond acceptors (Lipinski definition) is 3. The highest BCUT2D eigenvalue weighted by Crippen LogP contribution is 2.19. The summed E-state index contributed by atoms with van der Waals surface area (Å²) in [6.07, 6.45) is 2.06. The van der Waals surface area contributed by atoms with Crippen LogP contribution in [0, 0.1) is 0 Å². The van der Waals surface area contributed by atoms with Crippen molar-refractivity contribution in [1.29, 1.82) is 0 Å². The van der Waals surface area contributed by atoms with Crippen molar-refractivity contribution < 1.29 is 9.59 Å². The molecule has 26 heavy (non-hydrogen) atoms. The Labute approximate surface area is 153 Å². The van der Waals surface area contributed by atoms with Crippen molar-refractivity contribution in [2.45, 2.75) is 32.4 Å².